The number of primary amides is 1. The second kappa shape index (κ2) is 13.0. The third-order valence-electron chi connectivity index (χ3n) is 4.00. The lowest BCUT2D eigenvalue weighted by molar-refractivity contribution is -0.145. The first-order chi connectivity index (χ1) is 13.8. The summed E-state index contributed by atoms with van der Waals surface area (Å²) < 4.78 is 0. The average molecular weight is 452 g/mol. The van der Waals surface area contributed by atoms with Crippen LogP contribution in [0.2, 0.25) is 0 Å². The molecule has 6 unspecified atom stereocenters. The van der Waals surface area contributed by atoms with Crippen molar-refractivity contribution in [2.45, 2.75) is 63.1 Å². The van der Waals surface area contributed by atoms with Crippen LogP contribution in [-0.4, -0.2) is 87.0 Å². The molecule has 0 aliphatic heterocycles. The van der Waals surface area contributed by atoms with Crippen molar-refractivity contribution < 1.29 is 39.3 Å². The highest BCUT2D eigenvalue weighted by Gasteiger charge is 2.31. The number of aliphatic hydroxyl groups excluding tert-OH is 2. The molecule has 10 N–H and O–H groups in total. The first kappa shape index (κ1) is 27.6. The van der Waals surface area contributed by atoms with Crippen LogP contribution in [-0.2, 0) is 24.0 Å². The van der Waals surface area contributed by atoms with Crippen molar-refractivity contribution >= 4 is 42.2 Å². The van der Waals surface area contributed by atoms with E-state index in [1.807, 2.05) is 0 Å². The highest BCUT2D eigenvalue weighted by molar-refractivity contribution is 7.80. The van der Waals surface area contributed by atoms with Crippen LogP contribution < -0.4 is 27.4 Å². The number of thiol groups is 1. The van der Waals surface area contributed by atoms with Crippen molar-refractivity contribution in [2.75, 3.05) is 5.75 Å². The summed E-state index contributed by atoms with van der Waals surface area (Å²) in [6.45, 7) is 2.43. The van der Waals surface area contributed by atoms with Gasteiger partial charge >= 0.3 is 5.97 Å². The molecule has 30 heavy (non-hydrogen) atoms. The minimum absolute atomic E-state index is 0.216. The van der Waals surface area contributed by atoms with Crippen molar-refractivity contribution in [1.82, 2.24) is 16.0 Å². The summed E-state index contributed by atoms with van der Waals surface area (Å²) in [5, 5.41) is 34.5. The molecule has 0 rings (SSSR count). The molecule has 6 atom stereocenters. The van der Waals surface area contributed by atoms with Crippen molar-refractivity contribution in [1.29, 1.82) is 0 Å². The van der Waals surface area contributed by atoms with E-state index in [0.29, 0.717) is 0 Å². The Hall–Kier alpha value is -2.42. The van der Waals surface area contributed by atoms with E-state index in [0.717, 1.165) is 6.92 Å². The Bertz CT molecular complexity index is 645. The van der Waals surface area contributed by atoms with Crippen LogP contribution in [0.25, 0.3) is 0 Å². The van der Waals surface area contributed by atoms with E-state index in [9.17, 15) is 34.2 Å². The number of amides is 4. The molecule has 14 heteroatoms. The van der Waals surface area contributed by atoms with Gasteiger partial charge in [-0.05, 0) is 20.3 Å². The minimum Gasteiger partial charge on any atom is -0.480 e. The normalized spacial score (nSPS) is 16.9. The second-order valence-electron chi connectivity index (χ2n) is 6.64. The van der Waals surface area contributed by atoms with Crippen LogP contribution in [0.1, 0.15) is 26.7 Å². The first-order valence-corrected chi connectivity index (χ1v) is 9.59. The van der Waals surface area contributed by atoms with Crippen LogP contribution in [0.4, 0.5) is 0 Å². The van der Waals surface area contributed by atoms with E-state index >= 15 is 0 Å². The molecular formula is C16H29N5O8S. The molecule has 0 aliphatic carbocycles. The SMILES string of the molecule is CC(O)C(N)C(=O)NC(CCC(N)=O)C(=O)NC(CS)C(=O)NC(C(=O)O)C(C)O. The van der Waals surface area contributed by atoms with Gasteiger partial charge in [0.2, 0.25) is 23.6 Å². The van der Waals surface area contributed by atoms with Gasteiger partial charge in [-0.15, -0.1) is 0 Å². The lowest BCUT2D eigenvalue weighted by Gasteiger charge is -2.25. The van der Waals surface area contributed by atoms with Crippen LogP contribution >= 0.6 is 12.6 Å². The zero-order chi connectivity index (χ0) is 23.6. The van der Waals surface area contributed by atoms with Crippen molar-refractivity contribution in [3.63, 3.8) is 0 Å². The molecule has 0 aromatic carbocycles. The van der Waals surface area contributed by atoms with E-state index in [4.69, 9.17) is 16.6 Å². The minimum atomic E-state index is -1.62. The Morgan fingerprint density at radius 2 is 1.40 bits per heavy atom. The number of carbonyl (C=O) groups is 5. The van der Waals surface area contributed by atoms with Gasteiger partial charge in [0.15, 0.2) is 6.04 Å². The number of carboxylic acids is 1. The largest absolute Gasteiger partial charge is 0.480 e. The summed E-state index contributed by atoms with van der Waals surface area (Å²) in [5.41, 5.74) is 10.6. The number of nitrogens with two attached hydrogens (primary N) is 2. The van der Waals surface area contributed by atoms with E-state index in [2.05, 4.69) is 28.6 Å². The van der Waals surface area contributed by atoms with Gasteiger partial charge in [0.1, 0.15) is 18.1 Å². The monoisotopic (exact) mass is 451 g/mol. The summed E-state index contributed by atoms with van der Waals surface area (Å²) in [7, 11) is 0. The molecule has 4 amide bonds. The molecule has 0 bridgehead atoms. The van der Waals surface area contributed by atoms with Crippen LogP contribution in [0.15, 0.2) is 0 Å². The summed E-state index contributed by atoms with van der Waals surface area (Å²) in [4.78, 5) is 59.0. The standard InChI is InChI=1S/C16H29N5O8S/c1-6(22)11(18)15(27)19-8(3-4-10(17)24)13(25)20-9(5-30)14(26)21-12(7(2)23)16(28)29/h6-9,11-12,22-23,30H,3-5,18H2,1-2H3,(H2,17,24)(H,19,27)(H,20,25)(H,21,26)(H,28,29). The Balaban J connectivity index is 5.30. The van der Waals surface area contributed by atoms with Gasteiger partial charge in [-0.3, -0.25) is 19.2 Å². The molecule has 0 aromatic rings. The van der Waals surface area contributed by atoms with Crippen molar-refractivity contribution in [3.05, 3.63) is 0 Å². The number of carboxylic acid groups (broad SMARTS) is 1. The lowest BCUT2D eigenvalue weighted by Crippen LogP contribution is -2.59. The van der Waals surface area contributed by atoms with Crippen LogP contribution in [0, 0.1) is 0 Å². The van der Waals surface area contributed by atoms with Gasteiger partial charge < -0.3 is 42.7 Å². The molecule has 0 aliphatic rings. The van der Waals surface area contributed by atoms with Gasteiger partial charge in [-0.25, -0.2) is 4.79 Å². The molecule has 0 saturated heterocycles. The highest BCUT2D eigenvalue weighted by atomic mass is 32.1. The number of hydrogen-bond donors (Lipinski definition) is 9. The Morgan fingerprint density at radius 1 is 0.900 bits per heavy atom. The van der Waals surface area contributed by atoms with Gasteiger partial charge in [0.25, 0.3) is 0 Å². The maximum absolute atomic E-state index is 12.6. The fourth-order valence-electron chi connectivity index (χ4n) is 2.15. The average Bonchev–Trinajstić information content (AvgIpc) is 2.65. The van der Waals surface area contributed by atoms with Crippen LogP contribution in [0.3, 0.4) is 0 Å². The van der Waals surface area contributed by atoms with E-state index < -0.39 is 66.0 Å². The fourth-order valence-corrected chi connectivity index (χ4v) is 2.41. The summed E-state index contributed by atoms with van der Waals surface area (Å²) in [5.74, 6) is -5.17. The van der Waals surface area contributed by atoms with E-state index in [1.54, 1.807) is 0 Å². The molecule has 0 heterocycles. The zero-order valence-corrected chi connectivity index (χ0v) is 17.5. The number of rotatable bonds is 13. The van der Waals surface area contributed by atoms with E-state index in [-0.39, 0.29) is 18.6 Å². The number of aliphatic hydroxyl groups is 2. The second-order valence-corrected chi connectivity index (χ2v) is 7.01. The Morgan fingerprint density at radius 3 is 1.80 bits per heavy atom. The van der Waals surface area contributed by atoms with Gasteiger partial charge in [-0.2, -0.15) is 12.6 Å². The molecular weight excluding hydrogens is 422 g/mol. The summed E-state index contributed by atoms with van der Waals surface area (Å²) in [6.07, 6.45) is -3.11. The van der Waals surface area contributed by atoms with Gasteiger partial charge in [0, 0.05) is 12.2 Å². The predicted octanol–water partition coefficient (Wildman–Crippen LogP) is -4.19. The summed E-state index contributed by atoms with van der Waals surface area (Å²) in [6, 6.07) is -5.61. The predicted molar refractivity (Wildman–Crippen MR) is 107 cm³/mol. The van der Waals surface area contributed by atoms with E-state index in [1.165, 1.54) is 6.92 Å². The Labute approximate surface area is 178 Å². The zero-order valence-electron chi connectivity index (χ0n) is 16.6. The van der Waals surface area contributed by atoms with Crippen molar-refractivity contribution in [3.8, 4) is 0 Å². The number of carbonyl (C=O) groups excluding carboxylic acids is 4. The fraction of sp³-hybridized carbons (Fsp3) is 0.688. The number of hydrogen-bond acceptors (Lipinski definition) is 9. The first-order valence-electron chi connectivity index (χ1n) is 8.96. The smallest absolute Gasteiger partial charge is 0.328 e. The molecule has 172 valence electrons. The highest BCUT2D eigenvalue weighted by Crippen LogP contribution is 2.02. The maximum Gasteiger partial charge on any atom is 0.328 e. The maximum atomic E-state index is 12.6. The van der Waals surface area contributed by atoms with Gasteiger partial charge in [0.05, 0.1) is 12.2 Å². The lowest BCUT2D eigenvalue weighted by atomic mass is 10.1. The van der Waals surface area contributed by atoms with Crippen molar-refractivity contribution in [2.24, 2.45) is 11.5 Å². The molecule has 13 nitrogen and oxygen atoms in total. The number of nitrogens with one attached hydrogen (secondary N) is 3. The molecule has 0 fully saturated rings. The van der Waals surface area contributed by atoms with Gasteiger partial charge in [-0.1, -0.05) is 0 Å². The Kier molecular flexibility index (Phi) is 11.9. The summed E-state index contributed by atoms with van der Waals surface area (Å²) >= 11 is 3.94. The quantitative estimate of drug-likeness (QED) is 0.123. The molecule has 0 spiro atoms. The third-order valence-corrected chi connectivity index (χ3v) is 4.36. The number of aliphatic carboxylic acids is 1. The third kappa shape index (κ3) is 9.39. The van der Waals surface area contributed by atoms with Crippen LogP contribution in [0.5, 0.6) is 0 Å². The molecule has 0 radical (unpaired) electrons. The molecule has 0 saturated carbocycles. The topological polar surface area (TPSA) is 234 Å². The molecule has 0 aromatic heterocycles.